The van der Waals surface area contributed by atoms with E-state index < -0.39 is 6.10 Å². The van der Waals surface area contributed by atoms with Gasteiger partial charge in [0.15, 0.2) is 0 Å². The average molecular weight is 224 g/mol. The van der Waals surface area contributed by atoms with E-state index in [2.05, 4.69) is 0 Å². The highest BCUT2D eigenvalue weighted by atomic mass is 32.2. The normalized spacial score (nSPS) is 12.1. The molecule has 15 heavy (non-hydrogen) atoms. The Balaban J connectivity index is 2.64. The van der Waals surface area contributed by atoms with E-state index >= 15 is 0 Å². The van der Waals surface area contributed by atoms with Crippen LogP contribution < -0.4 is 5.73 Å². The van der Waals surface area contributed by atoms with Crippen LogP contribution in [0.15, 0.2) is 23.1 Å². The maximum atomic E-state index is 9.13. The SMILES string of the molecule is N#Cc1ccc(SCC(O)CO)cc1N. The number of nitrogens with two attached hydrogens (primary N) is 1. The lowest BCUT2D eigenvalue weighted by Crippen LogP contribution is -2.14. The summed E-state index contributed by atoms with van der Waals surface area (Å²) in [5, 5.41) is 26.4. The Bertz CT molecular complexity index is 376. The Labute approximate surface area is 92.3 Å². The Morgan fingerprint density at radius 3 is 2.80 bits per heavy atom. The van der Waals surface area contributed by atoms with Crippen molar-refractivity contribution < 1.29 is 10.2 Å². The van der Waals surface area contributed by atoms with Gasteiger partial charge in [-0.25, -0.2) is 0 Å². The molecule has 0 saturated carbocycles. The zero-order chi connectivity index (χ0) is 11.3. The van der Waals surface area contributed by atoms with Gasteiger partial charge in [0.2, 0.25) is 0 Å². The van der Waals surface area contributed by atoms with Gasteiger partial charge >= 0.3 is 0 Å². The predicted molar refractivity (Wildman–Crippen MR) is 59.4 cm³/mol. The summed E-state index contributed by atoms with van der Waals surface area (Å²) in [6.07, 6.45) is -0.730. The van der Waals surface area contributed by atoms with E-state index in [0.29, 0.717) is 17.0 Å². The molecule has 0 fully saturated rings. The van der Waals surface area contributed by atoms with E-state index in [1.807, 2.05) is 6.07 Å². The molecule has 0 saturated heterocycles. The first kappa shape index (κ1) is 11.9. The van der Waals surface area contributed by atoms with Crippen LogP contribution in [0.5, 0.6) is 0 Å². The summed E-state index contributed by atoms with van der Waals surface area (Å²) >= 11 is 1.39. The van der Waals surface area contributed by atoms with Crippen LogP contribution in [0.3, 0.4) is 0 Å². The minimum absolute atomic E-state index is 0.251. The molecule has 0 aliphatic heterocycles. The predicted octanol–water partition coefficient (Wildman–Crippen LogP) is 0.586. The fraction of sp³-hybridized carbons (Fsp3) is 0.300. The van der Waals surface area contributed by atoms with Gasteiger partial charge in [-0.15, -0.1) is 11.8 Å². The van der Waals surface area contributed by atoms with Gasteiger partial charge in [-0.1, -0.05) is 0 Å². The zero-order valence-corrected chi connectivity index (χ0v) is 8.87. The number of nitrogens with zero attached hydrogens (tertiary/aromatic N) is 1. The number of nitriles is 1. The first-order valence-corrected chi connectivity index (χ1v) is 5.37. The molecule has 0 spiro atoms. The van der Waals surface area contributed by atoms with Gasteiger partial charge in [0.1, 0.15) is 6.07 Å². The summed E-state index contributed by atoms with van der Waals surface area (Å²) in [6.45, 7) is -0.251. The molecule has 0 aliphatic carbocycles. The molecule has 0 bridgehead atoms. The Morgan fingerprint density at radius 1 is 1.53 bits per heavy atom. The van der Waals surface area contributed by atoms with Gasteiger partial charge in [-0.2, -0.15) is 5.26 Å². The molecule has 0 aliphatic rings. The van der Waals surface area contributed by atoms with Gasteiger partial charge in [0, 0.05) is 10.6 Å². The molecular weight excluding hydrogens is 212 g/mol. The molecule has 1 aromatic rings. The number of rotatable bonds is 4. The third-order valence-electron chi connectivity index (χ3n) is 1.80. The molecule has 1 atom stereocenters. The van der Waals surface area contributed by atoms with Crippen molar-refractivity contribution in [1.82, 2.24) is 0 Å². The molecule has 0 aromatic heterocycles. The van der Waals surface area contributed by atoms with E-state index in [9.17, 15) is 0 Å². The van der Waals surface area contributed by atoms with Gasteiger partial charge in [-0.3, -0.25) is 0 Å². The monoisotopic (exact) mass is 224 g/mol. The Hall–Kier alpha value is -1.22. The van der Waals surface area contributed by atoms with Crippen LogP contribution in [0.4, 0.5) is 5.69 Å². The average Bonchev–Trinajstić information content (AvgIpc) is 2.26. The highest BCUT2D eigenvalue weighted by Gasteiger charge is 2.04. The number of anilines is 1. The molecule has 80 valence electrons. The van der Waals surface area contributed by atoms with E-state index in [1.165, 1.54) is 11.8 Å². The third kappa shape index (κ3) is 3.44. The maximum Gasteiger partial charge on any atom is 0.101 e. The summed E-state index contributed by atoms with van der Waals surface area (Å²) < 4.78 is 0. The standard InChI is InChI=1S/C10H12N2O2S/c11-4-7-1-2-9(3-10(7)12)15-6-8(14)5-13/h1-3,8,13-14H,5-6,12H2. The van der Waals surface area contributed by atoms with Crippen molar-refractivity contribution in [2.75, 3.05) is 18.1 Å². The molecule has 0 amide bonds. The van der Waals surface area contributed by atoms with Crippen molar-refractivity contribution in [1.29, 1.82) is 5.26 Å². The zero-order valence-electron chi connectivity index (χ0n) is 8.05. The summed E-state index contributed by atoms with van der Waals surface area (Å²) in [5.41, 5.74) is 6.50. The van der Waals surface area contributed by atoms with E-state index in [0.717, 1.165) is 4.90 Å². The summed E-state index contributed by atoms with van der Waals surface area (Å²) in [6, 6.07) is 7.07. The Morgan fingerprint density at radius 2 is 2.27 bits per heavy atom. The number of aliphatic hydroxyl groups excluding tert-OH is 2. The van der Waals surface area contributed by atoms with Crippen molar-refractivity contribution in [3.8, 4) is 6.07 Å². The summed E-state index contributed by atoms with van der Waals surface area (Å²) in [5.74, 6) is 0.405. The van der Waals surface area contributed by atoms with Crippen LogP contribution in [0.25, 0.3) is 0 Å². The first-order valence-electron chi connectivity index (χ1n) is 4.38. The lowest BCUT2D eigenvalue weighted by atomic mass is 10.2. The second-order valence-corrected chi connectivity index (χ2v) is 4.10. The topological polar surface area (TPSA) is 90.3 Å². The molecule has 1 aromatic carbocycles. The van der Waals surface area contributed by atoms with E-state index in [1.54, 1.807) is 18.2 Å². The second-order valence-electron chi connectivity index (χ2n) is 3.01. The molecule has 5 heteroatoms. The lowest BCUT2D eigenvalue weighted by Gasteiger charge is -2.07. The summed E-state index contributed by atoms with van der Waals surface area (Å²) in [4.78, 5) is 0.874. The minimum Gasteiger partial charge on any atom is -0.398 e. The lowest BCUT2D eigenvalue weighted by molar-refractivity contribution is 0.113. The van der Waals surface area contributed by atoms with Crippen molar-refractivity contribution in [3.63, 3.8) is 0 Å². The number of thioether (sulfide) groups is 1. The van der Waals surface area contributed by atoms with Crippen LogP contribution in [-0.4, -0.2) is 28.7 Å². The molecule has 0 heterocycles. The van der Waals surface area contributed by atoms with Crippen LogP contribution in [0.1, 0.15) is 5.56 Å². The molecular formula is C10H12N2O2S. The molecule has 0 radical (unpaired) electrons. The number of aliphatic hydroxyl groups is 2. The van der Waals surface area contributed by atoms with Crippen molar-refractivity contribution >= 4 is 17.4 Å². The molecule has 4 nitrogen and oxygen atoms in total. The fourth-order valence-corrected chi connectivity index (χ4v) is 1.84. The number of benzene rings is 1. The highest BCUT2D eigenvalue weighted by Crippen LogP contribution is 2.23. The maximum absolute atomic E-state index is 9.13. The number of nitrogen functional groups attached to an aromatic ring is 1. The van der Waals surface area contributed by atoms with Gasteiger partial charge < -0.3 is 15.9 Å². The van der Waals surface area contributed by atoms with Gasteiger partial charge in [-0.05, 0) is 18.2 Å². The molecule has 1 unspecified atom stereocenters. The Kier molecular flexibility index (Phi) is 4.43. The van der Waals surface area contributed by atoms with Crippen LogP contribution in [-0.2, 0) is 0 Å². The quantitative estimate of drug-likeness (QED) is 0.514. The molecule has 1 rings (SSSR count). The molecule has 4 N–H and O–H groups in total. The van der Waals surface area contributed by atoms with Crippen LogP contribution in [0, 0.1) is 11.3 Å². The fourth-order valence-electron chi connectivity index (χ4n) is 0.978. The van der Waals surface area contributed by atoms with Crippen molar-refractivity contribution in [3.05, 3.63) is 23.8 Å². The summed E-state index contributed by atoms with van der Waals surface area (Å²) in [7, 11) is 0. The van der Waals surface area contributed by atoms with Crippen molar-refractivity contribution in [2.24, 2.45) is 0 Å². The van der Waals surface area contributed by atoms with Gasteiger partial charge in [0.25, 0.3) is 0 Å². The number of hydrogen-bond donors (Lipinski definition) is 3. The van der Waals surface area contributed by atoms with Gasteiger partial charge in [0.05, 0.1) is 24.0 Å². The highest BCUT2D eigenvalue weighted by molar-refractivity contribution is 7.99. The minimum atomic E-state index is -0.730. The van der Waals surface area contributed by atoms with E-state index in [4.69, 9.17) is 21.2 Å². The van der Waals surface area contributed by atoms with E-state index in [-0.39, 0.29) is 6.61 Å². The third-order valence-corrected chi connectivity index (χ3v) is 2.94. The van der Waals surface area contributed by atoms with Crippen LogP contribution in [0.2, 0.25) is 0 Å². The first-order chi connectivity index (χ1) is 7.17. The second kappa shape index (κ2) is 5.61. The smallest absolute Gasteiger partial charge is 0.101 e. The largest absolute Gasteiger partial charge is 0.398 e. The van der Waals surface area contributed by atoms with Crippen LogP contribution >= 0.6 is 11.8 Å². The number of hydrogen-bond acceptors (Lipinski definition) is 5. The van der Waals surface area contributed by atoms with Crippen molar-refractivity contribution in [2.45, 2.75) is 11.0 Å².